The fourth-order valence-electron chi connectivity index (χ4n) is 3.43. The number of nitrogens with zero attached hydrogens (tertiary/aromatic N) is 3. The maximum atomic E-state index is 13.3. The molecule has 8 nitrogen and oxygen atoms in total. The number of hydrogen-bond acceptors (Lipinski definition) is 7. The third-order valence-corrected chi connectivity index (χ3v) is 6.62. The predicted molar refractivity (Wildman–Crippen MR) is 128 cm³/mol. The van der Waals surface area contributed by atoms with E-state index in [2.05, 4.69) is 20.6 Å². The summed E-state index contributed by atoms with van der Waals surface area (Å²) in [6.07, 6.45) is 4.56. The zero-order valence-corrected chi connectivity index (χ0v) is 19.5. The Balaban J connectivity index is 0.00000289. The van der Waals surface area contributed by atoms with Gasteiger partial charge in [0.25, 0.3) is 10.0 Å². The molecule has 0 aliphatic heterocycles. The van der Waals surface area contributed by atoms with Crippen molar-refractivity contribution < 1.29 is 13.2 Å². The molecule has 0 unspecified atom stereocenters. The molecule has 10 heteroatoms. The summed E-state index contributed by atoms with van der Waals surface area (Å²) in [6, 6.07) is 12.5. The molecule has 4 rings (SSSR count). The molecule has 0 aliphatic carbocycles. The second kappa shape index (κ2) is 9.56. The standard InChI is InChI=1S/C22H23N5O3S.ClH/c1-15-20(8-9-22(25-15)30-3)26-17-6-7-19-16(12-23-2)14-27(21(19)11-17)31(28,29)18-5-4-10-24-13-18;/h4-11,13-14,23,26H,12H2,1-3H3;1H. The quantitative estimate of drug-likeness (QED) is 0.420. The van der Waals surface area contributed by atoms with Gasteiger partial charge in [0, 0.05) is 42.3 Å². The first-order valence-corrected chi connectivity index (χ1v) is 11.1. The Morgan fingerprint density at radius 2 is 1.97 bits per heavy atom. The van der Waals surface area contributed by atoms with Crippen LogP contribution in [0.2, 0.25) is 0 Å². The van der Waals surface area contributed by atoms with Crippen molar-refractivity contribution in [3.05, 3.63) is 72.3 Å². The maximum Gasteiger partial charge on any atom is 0.269 e. The van der Waals surface area contributed by atoms with Crippen molar-refractivity contribution in [2.24, 2.45) is 0 Å². The molecule has 1 aromatic carbocycles. The molecule has 3 aromatic heterocycles. The van der Waals surface area contributed by atoms with E-state index in [-0.39, 0.29) is 17.3 Å². The minimum Gasteiger partial charge on any atom is -0.481 e. The van der Waals surface area contributed by atoms with Crippen LogP contribution in [0.15, 0.2) is 66.0 Å². The highest BCUT2D eigenvalue weighted by atomic mass is 35.5. The molecule has 168 valence electrons. The van der Waals surface area contributed by atoms with Crippen molar-refractivity contribution in [1.29, 1.82) is 0 Å². The van der Waals surface area contributed by atoms with E-state index in [1.165, 1.54) is 10.2 Å². The smallest absolute Gasteiger partial charge is 0.269 e. The van der Waals surface area contributed by atoms with Crippen LogP contribution in [-0.2, 0) is 16.6 Å². The largest absolute Gasteiger partial charge is 0.481 e. The van der Waals surface area contributed by atoms with E-state index in [1.807, 2.05) is 38.2 Å². The highest BCUT2D eigenvalue weighted by Crippen LogP contribution is 2.30. The van der Waals surface area contributed by atoms with Crippen LogP contribution in [0.3, 0.4) is 0 Å². The van der Waals surface area contributed by atoms with Gasteiger partial charge in [-0.15, -0.1) is 12.4 Å². The number of pyridine rings is 2. The SMILES string of the molecule is CNCc1cn(S(=O)(=O)c2cccnc2)c2cc(Nc3ccc(OC)nc3C)ccc12.Cl. The molecule has 0 saturated heterocycles. The van der Waals surface area contributed by atoms with Gasteiger partial charge in [-0.2, -0.15) is 0 Å². The summed E-state index contributed by atoms with van der Waals surface area (Å²) in [5.41, 5.74) is 3.80. The van der Waals surface area contributed by atoms with Crippen molar-refractivity contribution in [2.75, 3.05) is 19.5 Å². The first-order chi connectivity index (χ1) is 14.9. The zero-order chi connectivity index (χ0) is 22.0. The fraction of sp³-hybridized carbons (Fsp3) is 0.182. The Kier molecular flexibility index (Phi) is 7.02. The van der Waals surface area contributed by atoms with Gasteiger partial charge < -0.3 is 15.4 Å². The number of anilines is 2. The first kappa shape index (κ1) is 23.5. The van der Waals surface area contributed by atoms with Crippen LogP contribution in [0.4, 0.5) is 11.4 Å². The summed E-state index contributed by atoms with van der Waals surface area (Å²) in [5.74, 6) is 0.534. The number of methoxy groups -OCH3 is 1. The van der Waals surface area contributed by atoms with Gasteiger partial charge in [0.2, 0.25) is 5.88 Å². The molecule has 4 aromatic rings. The average molecular weight is 474 g/mol. The van der Waals surface area contributed by atoms with Gasteiger partial charge in [0.15, 0.2) is 0 Å². The number of benzene rings is 1. The van der Waals surface area contributed by atoms with E-state index in [9.17, 15) is 8.42 Å². The van der Waals surface area contributed by atoms with Gasteiger partial charge in [-0.1, -0.05) is 6.07 Å². The molecule has 0 bridgehead atoms. The molecule has 2 N–H and O–H groups in total. The molecule has 0 radical (unpaired) electrons. The van der Waals surface area contributed by atoms with E-state index in [4.69, 9.17) is 4.74 Å². The van der Waals surface area contributed by atoms with Crippen LogP contribution < -0.4 is 15.4 Å². The summed E-state index contributed by atoms with van der Waals surface area (Å²) in [4.78, 5) is 8.47. The molecular formula is C22H24ClN5O3S. The fourth-order valence-corrected chi connectivity index (χ4v) is 4.77. The third-order valence-electron chi connectivity index (χ3n) is 4.96. The normalized spacial score (nSPS) is 11.2. The van der Waals surface area contributed by atoms with Crippen molar-refractivity contribution in [1.82, 2.24) is 19.3 Å². The average Bonchev–Trinajstić information content (AvgIpc) is 3.14. The Morgan fingerprint density at radius 3 is 2.62 bits per heavy atom. The van der Waals surface area contributed by atoms with Crippen LogP contribution in [0.25, 0.3) is 10.9 Å². The first-order valence-electron chi connectivity index (χ1n) is 9.67. The number of hydrogen-bond donors (Lipinski definition) is 2. The van der Waals surface area contributed by atoms with E-state index >= 15 is 0 Å². The van der Waals surface area contributed by atoms with Crippen LogP contribution in [0, 0.1) is 6.92 Å². The lowest BCUT2D eigenvalue weighted by Gasteiger charge is -2.12. The topological polar surface area (TPSA) is 98.1 Å². The lowest BCUT2D eigenvalue weighted by atomic mass is 10.1. The second-order valence-corrected chi connectivity index (χ2v) is 8.83. The number of aryl methyl sites for hydroxylation is 1. The van der Waals surface area contributed by atoms with Gasteiger partial charge >= 0.3 is 0 Å². The Bertz CT molecular complexity index is 1340. The maximum absolute atomic E-state index is 13.3. The Hall–Kier alpha value is -3.14. The van der Waals surface area contributed by atoms with Crippen molar-refractivity contribution >= 4 is 44.7 Å². The molecule has 0 saturated carbocycles. The van der Waals surface area contributed by atoms with E-state index in [1.54, 1.807) is 37.7 Å². The van der Waals surface area contributed by atoms with Crippen LogP contribution >= 0.6 is 12.4 Å². The van der Waals surface area contributed by atoms with Crippen LogP contribution in [-0.4, -0.2) is 36.5 Å². The Morgan fingerprint density at radius 1 is 1.16 bits per heavy atom. The molecule has 3 heterocycles. The zero-order valence-electron chi connectivity index (χ0n) is 17.9. The van der Waals surface area contributed by atoms with Gasteiger partial charge in [-0.25, -0.2) is 17.4 Å². The summed E-state index contributed by atoms with van der Waals surface area (Å²) in [5, 5.41) is 7.28. The molecule has 0 aliphatic rings. The summed E-state index contributed by atoms with van der Waals surface area (Å²) in [7, 11) is -0.401. The minimum absolute atomic E-state index is 0. The number of halogens is 1. The lowest BCUT2D eigenvalue weighted by Crippen LogP contribution is -2.12. The molecule has 0 atom stereocenters. The monoisotopic (exact) mass is 473 g/mol. The van der Waals surface area contributed by atoms with Crippen LogP contribution in [0.5, 0.6) is 5.88 Å². The predicted octanol–water partition coefficient (Wildman–Crippen LogP) is 3.87. The van der Waals surface area contributed by atoms with E-state index in [0.717, 1.165) is 28.0 Å². The van der Waals surface area contributed by atoms with Gasteiger partial charge in [0.05, 0.1) is 24.0 Å². The number of aromatic nitrogens is 3. The number of nitrogens with one attached hydrogen (secondary N) is 2. The van der Waals surface area contributed by atoms with Crippen molar-refractivity contribution in [2.45, 2.75) is 18.4 Å². The molecular weight excluding hydrogens is 450 g/mol. The molecule has 0 amide bonds. The lowest BCUT2D eigenvalue weighted by molar-refractivity contribution is 0.397. The van der Waals surface area contributed by atoms with E-state index in [0.29, 0.717) is 17.9 Å². The molecule has 0 fully saturated rings. The molecule has 32 heavy (non-hydrogen) atoms. The summed E-state index contributed by atoms with van der Waals surface area (Å²) in [6.45, 7) is 2.42. The Labute approximate surface area is 193 Å². The second-order valence-electron chi connectivity index (χ2n) is 7.02. The summed E-state index contributed by atoms with van der Waals surface area (Å²) < 4.78 is 33.1. The highest BCUT2D eigenvalue weighted by molar-refractivity contribution is 7.90. The van der Waals surface area contributed by atoms with E-state index < -0.39 is 10.0 Å². The van der Waals surface area contributed by atoms with Crippen LogP contribution in [0.1, 0.15) is 11.3 Å². The van der Waals surface area contributed by atoms with Crippen molar-refractivity contribution in [3.63, 3.8) is 0 Å². The third kappa shape index (κ3) is 4.40. The molecule has 0 spiro atoms. The number of fused-ring (bicyclic) bond motifs is 1. The van der Waals surface area contributed by atoms with Gasteiger partial charge in [0.1, 0.15) is 4.90 Å². The highest BCUT2D eigenvalue weighted by Gasteiger charge is 2.21. The van der Waals surface area contributed by atoms with Crippen molar-refractivity contribution in [3.8, 4) is 5.88 Å². The van der Waals surface area contributed by atoms with Gasteiger partial charge in [-0.05, 0) is 49.9 Å². The summed E-state index contributed by atoms with van der Waals surface area (Å²) >= 11 is 0. The minimum atomic E-state index is -3.80. The number of ether oxygens (including phenoxy) is 1. The van der Waals surface area contributed by atoms with Gasteiger partial charge in [-0.3, -0.25) is 4.98 Å². The number of rotatable bonds is 7.